The molecule has 0 unspecified atom stereocenters. The van der Waals surface area contributed by atoms with Crippen LogP contribution in [0.4, 0.5) is 28.4 Å². The van der Waals surface area contributed by atoms with Gasteiger partial charge < -0.3 is 9.47 Å². The third kappa shape index (κ3) is 4.22. The summed E-state index contributed by atoms with van der Waals surface area (Å²) in [6.45, 7) is 0. The van der Waals surface area contributed by atoms with Crippen molar-refractivity contribution in [2.24, 2.45) is 0 Å². The number of nitrogens with one attached hydrogen (secondary N) is 1. The number of ether oxygens (including phenoxy) is 2. The van der Waals surface area contributed by atoms with E-state index in [1.54, 1.807) is 42.5 Å². The van der Waals surface area contributed by atoms with Crippen LogP contribution in [0.1, 0.15) is 0 Å². The number of nitrogens with zero attached hydrogens (tertiary/aromatic N) is 3. The predicted octanol–water partition coefficient (Wildman–Crippen LogP) is 4.69. The molecule has 0 aliphatic heterocycles. The van der Waals surface area contributed by atoms with Gasteiger partial charge in [-0.05, 0) is 36.4 Å². The van der Waals surface area contributed by atoms with Gasteiger partial charge in [0.1, 0.15) is 22.9 Å². The summed E-state index contributed by atoms with van der Waals surface area (Å²) in [7, 11) is 2.82. The lowest BCUT2D eigenvalue weighted by atomic mass is 10.2. The fraction of sp³-hybridized carbons (Fsp3) is 0.100. The monoisotopic (exact) mass is 410 g/mol. The van der Waals surface area contributed by atoms with Gasteiger partial charge >= 0.3 is 0 Å². The summed E-state index contributed by atoms with van der Waals surface area (Å²) in [5.74, 6) is 0.628. The van der Waals surface area contributed by atoms with Gasteiger partial charge in [0.15, 0.2) is 0 Å². The van der Waals surface area contributed by atoms with Crippen LogP contribution in [0.15, 0.2) is 66.7 Å². The first kappa shape index (κ1) is 20.4. The highest BCUT2D eigenvalue weighted by molar-refractivity contribution is 5.78. The molecule has 3 aromatic rings. The van der Waals surface area contributed by atoms with E-state index in [4.69, 9.17) is 9.47 Å². The van der Waals surface area contributed by atoms with E-state index in [0.29, 0.717) is 17.2 Å². The number of nitro benzene ring substituents is 2. The molecule has 0 spiro atoms. The molecule has 0 aromatic heterocycles. The average Bonchev–Trinajstić information content (AvgIpc) is 2.77. The number of hydrogen-bond donors (Lipinski definition) is 1. The second kappa shape index (κ2) is 8.78. The van der Waals surface area contributed by atoms with Crippen LogP contribution in [0.5, 0.6) is 11.5 Å². The number of benzene rings is 3. The Morgan fingerprint density at radius 2 is 1.37 bits per heavy atom. The zero-order chi connectivity index (χ0) is 21.7. The van der Waals surface area contributed by atoms with Crippen molar-refractivity contribution in [1.82, 2.24) is 0 Å². The van der Waals surface area contributed by atoms with Gasteiger partial charge in [0.2, 0.25) is 0 Å². The van der Waals surface area contributed by atoms with Crippen LogP contribution < -0.4 is 19.9 Å². The summed E-state index contributed by atoms with van der Waals surface area (Å²) in [6.07, 6.45) is 0. The Hall–Kier alpha value is -4.34. The Balaban J connectivity index is 2.16. The molecule has 0 heterocycles. The van der Waals surface area contributed by atoms with Crippen LogP contribution in [0.2, 0.25) is 0 Å². The molecule has 0 atom stereocenters. The SMILES string of the molecule is COc1ccc(NN(c2ccccc2)c2ccc(OC)cc2[N+](=O)[O-])c([N+](=O)[O-])c1. The molecule has 1 N–H and O–H groups in total. The Kier molecular flexibility index (Phi) is 5.97. The zero-order valence-electron chi connectivity index (χ0n) is 16.1. The highest BCUT2D eigenvalue weighted by atomic mass is 16.6. The molecule has 0 saturated carbocycles. The molecule has 0 bridgehead atoms. The van der Waals surface area contributed by atoms with Crippen molar-refractivity contribution in [3.05, 3.63) is 87.0 Å². The van der Waals surface area contributed by atoms with Gasteiger partial charge in [-0.15, -0.1) is 0 Å². The number of hydrazine groups is 1. The molecule has 30 heavy (non-hydrogen) atoms. The summed E-state index contributed by atoms with van der Waals surface area (Å²) in [4.78, 5) is 22.2. The molecule has 3 aromatic carbocycles. The maximum atomic E-state index is 11.7. The highest BCUT2D eigenvalue weighted by Crippen LogP contribution is 2.38. The summed E-state index contributed by atoms with van der Waals surface area (Å²) < 4.78 is 10.2. The van der Waals surface area contributed by atoms with Gasteiger partial charge in [-0.3, -0.25) is 25.7 Å². The van der Waals surface area contributed by atoms with E-state index in [1.165, 1.54) is 43.5 Å². The van der Waals surface area contributed by atoms with Crippen LogP contribution >= 0.6 is 0 Å². The van der Waals surface area contributed by atoms with Crippen LogP contribution in [0.25, 0.3) is 0 Å². The van der Waals surface area contributed by atoms with Gasteiger partial charge in [-0.1, -0.05) is 18.2 Å². The minimum absolute atomic E-state index is 0.134. The third-order valence-electron chi connectivity index (χ3n) is 4.27. The largest absolute Gasteiger partial charge is 0.496 e. The molecule has 0 aliphatic rings. The standard InChI is InChI=1S/C20H18N4O6/c1-29-15-8-10-17(19(12-15)23(25)26)21-22(14-6-4-3-5-7-14)18-11-9-16(30-2)13-20(18)24(27)28/h3-13,21H,1-2H3. The van der Waals surface area contributed by atoms with E-state index in [9.17, 15) is 20.2 Å². The fourth-order valence-electron chi connectivity index (χ4n) is 2.81. The van der Waals surface area contributed by atoms with Gasteiger partial charge in [0.25, 0.3) is 11.4 Å². The van der Waals surface area contributed by atoms with E-state index in [1.807, 2.05) is 0 Å². The predicted molar refractivity (Wildman–Crippen MR) is 112 cm³/mol. The third-order valence-corrected chi connectivity index (χ3v) is 4.27. The minimum atomic E-state index is -0.559. The summed E-state index contributed by atoms with van der Waals surface area (Å²) in [6, 6.07) is 17.4. The van der Waals surface area contributed by atoms with E-state index < -0.39 is 9.85 Å². The maximum absolute atomic E-state index is 11.7. The van der Waals surface area contributed by atoms with E-state index in [2.05, 4.69) is 5.43 Å². The number of nitro groups is 2. The zero-order valence-corrected chi connectivity index (χ0v) is 16.1. The molecular weight excluding hydrogens is 392 g/mol. The second-order valence-electron chi connectivity index (χ2n) is 6.03. The van der Waals surface area contributed by atoms with Crippen LogP contribution in [0, 0.1) is 20.2 Å². The van der Waals surface area contributed by atoms with Crippen LogP contribution in [0.3, 0.4) is 0 Å². The first-order valence-electron chi connectivity index (χ1n) is 8.71. The molecule has 154 valence electrons. The number of anilines is 3. The topological polar surface area (TPSA) is 120 Å². The first-order chi connectivity index (χ1) is 14.4. The van der Waals surface area contributed by atoms with Crippen molar-refractivity contribution < 1.29 is 19.3 Å². The van der Waals surface area contributed by atoms with Gasteiger partial charge in [-0.25, -0.2) is 5.01 Å². The van der Waals surface area contributed by atoms with E-state index in [0.717, 1.165) is 0 Å². The number of para-hydroxylation sites is 1. The molecule has 10 heteroatoms. The van der Waals surface area contributed by atoms with Gasteiger partial charge in [-0.2, -0.15) is 0 Å². The van der Waals surface area contributed by atoms with Crippen molar-refractivity contribution in [3.63, 3.8) is 0 Å². The average molecular weight is 410 g/mol. The Labute approximate surface area is 171 Å². The Morgan fingerprint density at radius 1 is 0.800 bits per heavy atom. The smallest absolute Gasteiger partial charge is 0.298 e. The van der Waals surface area contributed by atoms with Crippen LogP contribution in [-0.2, 0) is 0 Å². The minimum Gasteiger partial charge on any atom is -0.496 e. The molecule has 10 nitrogen and oxygen atoms in total. The Bertz CT molecular complexity index is 1070. The lowest BCUT2D eigenvalue weighted by molar-refractivity contribution is -0.384. The molecular formula is C20H18N4O6. The van der Waals surface area contributed by atoms with Crippen molar-refractivity contribution in [3.8, 4) is 11.5 Å². The summed E-state index contributed by atoms with van der Waals surface area (Å²) in [5.41, 5.74) is 3.31. The molecule has 0 fully saturated rings. The lowest BCUT2D eigenvalue weighted by Gasteiger charge is -2.26. The van der Waals surface area contributed by atoms with Gasteiger partial charge in [0, 0.05) is 0 Å². The fourth-order valence-corrected chi connectivity index (χ4v) is 2.81. The number of rotatable bonds is 8. The number of methoxy groups -OCH3 is 2. The van der Waals surface area contributed by atoms with Crippen molar-refractivity contribution in [1.29, 1.82) is 0 Å². The molecule has 0 saturated heterocycles. The maximum Gasteiger partial charge on any atom is 0.298 e. The van der Waals surface area contributed by atoms with Gasteiger partial charge in [0.05, 0.1) is 41.9 Å². The van der Waals surface area contributed by atoms with Crippen LogP contribution in [-0.4, -0.2) is 24.1 Å². The highest BCUT2D eigenvalue weighted by Gasteiger charge is 2.25. The lowest BCUT2D eigenvalue weighted by Crippen LogP contribution is -2.25. The Morgan fingerprint density at radius 3 is 1.93 bits per heavy atom. The van der Waals surface area contributed by atoms with Crippen molar-refractivity contribution in [2.75, 3.05) is 24.7 Å². The molecule has 0 radical (unpaired) electrons. The second-order valence-corrected chi connectivity index (χ2v) is 6.03. The molecule has 0 aliphatic carbocycles. The first-order valence-corrected chi connectivity index (χ1v) is 8.71. The summed E-state index contributed by atoms with van der Waals surface area (Å²) >= 11 is 0. The van der Waals surface area contributed by atoms with Crippen molar-refractivity contribution >= 4 is 28.4 Å². The van der Waals surface area contributed by atoms with E-state index in [-0.39, 0.29) is 22.7 Å². The number of hydrogen-bond acceptors (Lipinski definition) is 8. The normalized spacial score (nSPS) is 10.2. The molecule has 3 rings (SSSR count). The molecule has 0 amide bonds. The van der Waals surface area contributed by atoms with E-state index >= 15 is 0 Å². The quantitative estimate of drug-likeness (QED) is 0.420. The summed E-state index contributed by atoms with van der Waals surface area (Å²) in [5, 5.41) is 24.7. The van der Waals surface area contributed by atoms with Crippen molar-refractivity contribution in [2.45, 2.75) is 0 Å².